The number of benzene rings is 1. The zero-order valence-corrected chi connectivity index (χ0v) is 16.1. The lowest BCUT2D eigenvalue weighted by atomic mass is 10.0. The molecule has 5 nitrogen and oxygen atoms in total. The monoisotopic (exact) mass is 389 g/mol. The van der Waals surface area contributed by atoms with E-state index in [1.807, 2.05) is 35.2 Å². The molecule has 1 aromatic rings. The molecule has 2 atom stereocenters. The standard InChI is InChI=1S/C18H27N3O2.2ClH/c19-17(16-4-2-1-3-5-16)12-18(22)21-7-6-15(14-21)13-20-8-10-23-11-9-20;;/h1-5,15,17H,6-14,19H2;2*1H. The number of hydrogen-bond donors (Lipinski definition) is 1. The third-order valence-electron chi connectivity index (χ3n) is 4.88. The Hall–Kier alpha value is -0.850. The van der Waals surface area contributed by atoms with Crippen molar-refractivity contribution >= 4 is 30.7 Å². The van der Waals surface area contributed by atoms with Gasteiger partial charge < -0.3 is 15.4 Å². The van der Waals surface area contributed by atoms with Crippen molar-refractivity contribution in [2.45, 2.75) is 18.9 Å². The predicted molar refractivity (Wildman–Crippen MR) is 104 cm³/mol. The number of likely N-dealkylation sites (tertiary alicyclic amines) is 1. The minimum atomic E-state index is -0.206. The van der Waals surface area contributed by atoms with Gasteiger partial charge in [-0.2, -0.15) is 0 Å². The number of amides is 1. The first-order valence-corrected chi connectivity index (χ1v) is 8.61. The first-order valence-electron chi connectivity index (χ1n) is 8.61. The zero-order valence-electron chi connectivity index (χ0n) is 14.5. The Morgan fingerprint density at radius 1 is 1.16 bits per heavy atom. The van der Waals surface area contributed by atoms with Crippen LogP contribution in [-0.2, 0) is 9.53 Å². The molecule has 2 aliphatic rings. The fourth-order valence-electron chi connectivity index (χ4n) is 3.49. The van der Waals surface area contributed by atoms with Crippen LogP contribution in [0, 0.1) is 5.92 Å². The highest BCUT2D eigenvalue weighted by molar-refractivity contribution is 5.85. The molecule has 142 valence electrons. The Labute approximate surface area is 162 Å². The van der Waals surface area contributed by atoms with Crippen molar-refractivity contribution in [1.29, 1.82) is 0 Å². The Morgan fingerprint density at radius 3 is 2.52 bits per heavy atom. The Balaban J connectivity index is 0.00000156. The van der Waals surface area contributed by atoms with Gasteiger partial charge in [-0.15, -0.1) is 24.8 Å². The molecule has 2 unspecified atom stereocenters. The van der Waals surface area contributed by atoms with Crippen LogP contribution in [0.1, 0.15) is 24.4 Å². The molecule has 0 aromatic heterocycles. The molecule has 1 amide bonds. The van der Waals surface area contributed by atoms with E-state index >= 15 is 0 Å². The van der Waals surface area contributed by atoms with Gasteiger partial charge in [0.05, 0.1) is 13.2 Å². The molecule has 2 aliphatic heterocycles. The van der Waals surface area contributed by atoms with E-state index in [2.05, 4.69) is 4.90 Å². The third kappa shape index (κ3) is 6.42. The van der Waals surface area contributed by atoms with Crippen molar-refractivity contribution < 1.29 is 9.53 Å². The number of morpholine rings is 1. The van der Waals surface area contributed by atoms with E-state index in [0.29, 0.717) is 12.3 Å². The van der Waals surface area contributed by atoms with Gasteiger partial charge >= 0.3 is 0 Å². The highest BCUT2D eigenvalue weighted by atomic mass is 35.5. The van der Waals surface area contributed by atoms with Crippen molar-refractivity contribution in [3.8, 4) is 0 Å². The van der Waals surface area contributed by atoms with Crippen molar-refractivity contribution in [3.63, 3.8) is 0 Å². The molecule has 0 aliphatic carbocycles. The molecule has 0 radical (unpaired) electrons. The van der Waals surface area contributed by atoms with Gasteiger partial charge in [-0.1, -0.05) is 30.3 Å². The lowest BCUT2D eigenvalue weighted by molar-refractivity contribution is -0.130. The fraction of sp³-hybridized carbons (Fsp3) is 0.611. The second-order valence-electron chi connectivity index (χ2n) is 6.63. The summed E-state index contributed by atoms with van der Waals surface area (Å²) in [5.74, 6) is 0.774. The van der Waals surface area contributed by atoms with Crippen LogP contribution in [0.5, 0.6) is 0 Å². The van der Waals surface area contributed by atoms with Crippen LogP contribution in [0.4, 0.5) is 0 Å². The van der Waals surface area contributed by atoms with Crippen molar-refractivity contribution in [2.24, 2.45) is 11.7 Å². The predicted octanol–water partition coefficient (Wildman–Crippen LogP) is 2.10. The smallest absolute Gasteiger partial charge is 0.224 e. The summed E-state index contributed by atoms with van der Waals surface area (Å²) < 4.78 is 5.39. The maximum atomic E-state index is 12.5. The summed E-state index contributed by atoms with van der Waals surface area (Å²) >= 11 is 0. The zero-order chi connectivity index (χ0) is 16.1. The van der Waals surface area contributed by atoms with E-state index in [0.717, 1.165) is 57.9 Å². The molecule has 25 heavy (non-hydrogen) atoms. The van der Waals surface area contributed by atoms with E-state index in [4.69, 9.17) is 10.5 Å². The van der Waals surface area contributed by atoms with E-state index in [1.165, 1.54) is 0 Å². The number of carbonyl (C=O) groups is 1. The summed E-state index contributed by atoms with van der Waals surface area (Å²) in [6.45, 7) is 6.53. The maximum Gasteiger partial charge on any atom is 0.224 e. The number of rotatable bonds is 5. The number of nitrogens with zero attached hydrogens (tertiary/aromatic N) is 2. The summed E-state index contributed by atoms with van der Waals surface area (Å²) in [4.78, 5) is 16.9. The fourth-order valence-corrected chi connectivity index (χ4v) is 3.49. The molecule has 0 bridgehead atoms. The molecule has 2 heterocycles. The van der Waals surface area contributed by atoms with Gasteiger partial charge in [0, 0.05) is 45.2 Å². The van der Waals surface area contributed by atoms with Gasteiger partial charge in [-0.3, -0.25) is 9.69 Å². The summed E-state index contributed by atoms with van der Waals surface area (Å²) in [5.41, 5.74) is 7.21. The first kappa shape index (κ1) is 22.2. The van der Waals surface area contributed by atoms with Gasteiger partial charge in [-0.05, 0) is 17.9 Å². The van der Waals surface area contributed by atoms with E-state index in [1.54, 1.807) is 0 Å². The topological polar surface area (TPSA) is 58.8 Å². The number of halogens is 2. The minimum Gasteiger partial charge on any atom is -0.379 e. The van der Waals surface area contributed by atoms with Crippen LogP contribution in [-0.4, -0.2) is 61.6 Å². The number of hydrogen-bond acceptors (Lipinski definition) is 4. The second-order valence-corrected chi connectivity index (χ2v) is 6.63. The Kier molecular flexibility index (Phi) is 9.75. The molecule has 2 N–H and O–H groups in total. The van der Waals surface area contributed by atoms with Gasteiger partial charge in [0.1, 0.15) is 0 Å². The molecule has 3 rings (SSSR count). The maximum absolute atomic E-state index is 12.5. The molecule has 0 saturated carbocycles. The highest BCUT2D eigenvalue weighted by Gasteiger charge is 2.28. The molecular formula is C18H29Cl2N3O2. The third-order valence-corrected chi connectivity index (χ3v) is 4.88. The molecular weight excluding hydrogens is 361 g/mol. The summed E-state index contributed by atoms with van der Waals surface area (Å²) in [6, 6.07) is 9.67. The summed E-state index contributed by atoms with van der Waals surface area (Å²) in [6.07, 6.45) is 1.50. The molecule has 1 aromatic carbocycles. The van der Waals surface area contributed by atoms with Crippen LogP contribution < -0.4 is 5.73 Å². The van der Waals surface area contributed by atoms with E-state index < -0.39 is 0 Å². The average Bonchev–Trinajstić information content (AvgIpc) is 3.05. The van der Waals surface area contributed by atoms with E-state index in [-0.39, 0.29) is 36.8 Å². The van der Waals surface area contributed by atoms with Gasteiger partial charge in [0.25, 0.3) is 0 Å². The van der Waals surface area contributed by atoms with Gasteiger partial charge in [-0.25, -0.2) is 0 Å². The Morgan fingerprint density at radius 2 is 1.84 bits per heavy atom. The molecule has 2 saturated heterocycles. The lowest BCUT2D eigenvalue weighted by Crippen LogP contribution is -2.40. The SMILES string of the molecule is Cl.Cl.NC(CC(=O)N1CCC(CN2CCOCC2)C1)c1ccccc1. The van der Waals surface area contributed by atoms with Crippen molar-refractivity contribution in [3.05, 3.63) is 35.9 Å². The average molecular weight is 390 g/mol. The minimum absolute atomic E-state index is 0. The van der Waals surface area contributed by atoms with Crippen LogP contribution in [0.25, 0.3) is 0 Å². The van der Waals surface area contributed by atoms with E-state index in [9.17, 15) is 4.79 Å². The first-order chi connectivity index (χ1) is 11.2. The highest BCUT2D eigenvalue weighted by Crippen LogP contribution is 2.21. The second kappa shape index (κ2) is 11.0. The number of carbonyl (C=O) groups excluding carboxylic acids is 1. The normalized spacial score (nSPS) is 22.0. The summed E-state index contributed by atoms with van der Waals surface area (Å²) in [5, 5.41) is 0. The van der Waals surface area contributed by atoms with Crippen LogP contribution in [0.3, 0.4) is 0 Å². The number of ether oxygens (including phenoxy) is 1. The number of nitrogens with two attached hydrogens (primary N) is 1. The Bertz CT molecular complexity index is 512. The quantitative estimate of drug-likeness (QED) is 0.837. The summed E-state index contributed by atoms with van der Waals surface area (Å²) in [7, 11) is 0. The van der Waals surface area contributed by atoms with Crippen LogP contribution >= 0.6 is 24.8 Å². The molecule has 7 heteroatoms. The molecule has 0 spiro atoms. The van der Waals surface area contributed by atoms with Crippen LogP contribution in [0.15, 0.2) is 30.3 Å². The van der Waals surface area contributed by atoms with Crippen LogP contribution in [0.2, 0.25) is 0 Å². The largest absolute Gasteiger partial charge is 0.379 e. The van der Waals surface area contributed by atoms with Crippen molar-refractivity contribution in [1.82, 2.24) is 9.80 Å². The van der Waals surface area contributed by atoms with Crippen molar-refractivity contribution in [2.75, 3.05) is 45.9 Å². The molecule has 2 fully saturated rings. The van der Waals surface area contributed by atoms with Gasteiger partial charge in [0.15, 0.2) is 0 Å². The van der Waals surface area contributed by atoms with Gasteiger partial charge in [0.2, 0.25) is 5.91 Å². The lowest BCUT2D eigenvalue weighted by Gasteiger charge is -2.29.